The molecule has 7 rings (SSSR count). The molecule has 0 radical (unpaired) electrons. The predicted molar refractivity (Wildman–Crippen MR) is 186 cm³/mol. The molecule has 264 valence electrons. The highest BCUT2D eigenvalue weighted by atomic mass is 19.4. The summed E-state index contributed by atoms with van der Waals surface area (Å²) in [4.78, 5) is 4.64. The average molecular weight is 703 g/mol. The van der Waals surface area contributed by atoms with E-state index in [2.05, 4.69) is 20.7 Å². The Morgan fingerprint density at radius 1 is 0.824 bits per heavy atom. The number of nitrogens with zero attached hydrogens (tertiary/aromatic N) is 4. The van der Waals surface area contributed by atoms with E-state index in [-0.39, 0.29) is 29.3 Å². The van der Waals surface area contributed by atoms with Crippen LogP contribution in [-0.2, 0) is 0 Å². The molecule has 51 heavy (non-hydrogen) atoms. The highest BCUT2D eigenvalue weighted by Gasteiger charge is 2.54. The van der Waals surface area contributed by atoms with Crippen LogP contribution in [0.3, 0.4) is 0 Å². The second kappa shape index (κ2) is 12.6. The first-order chi connectivity index (χ1) is 24.1. The number of para-hydroxylation sites is 1. The van der Waals surface area contributed by atoms with E-state index in [1.54, 1.807) is 12.3 Å². The Hall–Kier alpha value is -5.06. The predicted octanol–water partition coefficient (Wildman–Crippen LogP) is 11.7. The first-order valence-electron chi connectivity index (χ1n) is 16.8. The summed E-state index contributed by atoms with van der Waals surface area (Å²) < 4.78 is 95.6. The molecule has 0 saturated heterocycles. The first kappa shape index (κ1) is 34.4. The van der Waals surface area contributed by atoms with E-state index in [0.717, 1.165) is 44.8 Å². The third-order valence-electron chi connectivity index (χ3n) is 9.82. The van der Waals surface area contributed by atoms with Gasteiger partial charge in [0.1, 0.15) is 17.3 Å². The lowest BCUT2D eigenvalue weighted by Gasteiger charge is -2.35. The minimum atomic E-state index is -4.92. The van der Waals surface area contributed by atoms with Gasteiger partial charge in [0.2, 0.25) is 0 Å². The van der Waals surface area contributed by atoms with Crippen molar-refractivity contribution in [1.29, 1.82) is 0 Å². The van der Waals surface area contributed by atoms with Gasteiger partial charge in [0.05, 0.1) is 28.3 Å². The molecule has 0 saturated carbocycles. The van der Waals surface area contributed by atoms with Crippen LogP contribution in [0.4, 0.5) is 26.3 Å². The zero-order chi connectivity index (χ0) is 36.4. The molecule has 3 aromatic carbocycles. The van der Waals surface area contributed by atoms with Crippen molar-refractivity contribution in [3.8, 4) is 23.0 Å². The van der Waals surface area contributed by atoms with Gasteiger partial charge in [0.25, 0.3) is 0 Å². The Bertz CT molecular complexity index is 2310. The van der Waals surface area contributed by atoms with Crippen LogP contribution in [0.1, 0.15) is 66.6 Å². The number of hydrogen-bond acceptors (Lipinski definition) is 3. The van der Waals surface area contributed by atoms with Crippen molar-refractivity contribution in [3.05, 3.63) is 119 Å². The average Bonchev–Trinajstić information content (AvgIpc) is 3.55. The maximum atomic E-state index is 14.3. The Morgan fingerprint density at radius 2 is 1.57 bits per heavy atom. The van der Waals surface area contributed by atoms with Crippen LogP contribution in [0.15, 0.2) is 90.6 Å². The van der Waals surface area contributed by atoms with E-state index in [9.17, 15) is 26.3 Å². The van der Waals surface area contributed by atoms with E-state index < -0.39 is 36.2 Å². The number of aryl methyl sites for hydroxylation is 2. The van der Waals surface area contributed by atoms with Gasteiger partial charge in [-0.1, -0.05) is 38.1 Å². The van der Waals surface area contributed by atoms with Crippen LogP contribution in [0.2, 0.25) is 0 Å². The largest absolute Gasteiger partial charge is 0.457 e. The number of benzene rings is 3. The molecule has 1 aliphatic rings. The van der Waals surface area contributed by atoms with Crippen molar-refractivity contribution in [2.45, 2.75) is 71.6 Å². The maximum absolute atomic E-state index is 14.3. The van der Waals surface area contributed by atoms with Gasteiger partial charge in [-0.2, -0.15) is 31.4 Å². The number of rotatable bonds is 6. The standard InChI is InChI=1S/C40H36F6N4O/c1-22(2)26-18-27(50-25(5)37(24(4)48-50)38-32(39(41,42)43)10-8-11-33(38)40(44,45)46)20-29(19-26)51-28-13-14-31-30-9-6-7-12-34(30)49(35(31)21-28)36-17-23(3)15-16-47-36/h6-7,9-10,12-22,33,38H,8,11H2,1-5H3/t33-,38?/m0/s1. The fourth-order valence-corrected chi connectivity index (χ4v) is 7.45. The van der Waals surface area contributed by atoms with Crippen molar-refractivity contribution in [2.24, 2.45) is 5.92 Å². The Kier molecular flexibility index (Phi) is 8.51. The van der Waals surface area contributed by atoms with Crippen molar-refractivity contribution >= 4 is 21.8 Å². The summed E-state index contributed by atoms with van der Waals surface area (Å²) in [5.41, 5.74) is 3.37. The van der Waals surface area contributed by atoms with Gasteiger partial charge in [-0.15, -0.1) is 0 Å². The second-order valence-corrected chi connectivity index (χ2v) is 13.6. The van der Waals surface area contributed by atoms with E-state index in [4.69, 9.17) is 4.74 Å². The molecule has 5 nitrogen and oxygen atoms in total. The zero-order valence-corrected chi connectivity index (χ0v) is 28.7. The number of halogens is 6. The minimum absolute atomic E-state index is 0.0221. The molecule has 0 aliphatic heterocycles. The molecule has 2 atom stereocenters. The Labute approximate surface area is 291 Å². The second-order valence-electron chi connectivity index (χ2n) is 13.6. The highest BCUT2D eigenvalue weighted by Crippen LogP contribution is 2.53. The molecular formula is C40H36F6N4O. The Balaban J connectivity index is 1.33. The van der Waals surface area contributed by atoms with E-state index in [0.29, 0.717) is 17.2 Å². The number of pyridine rings is 1. The van der Waals surface area contributed by atoms with Gasteiger partial charge in [-0.25, -0.2) is 9.67 Å². The van der Waals surface area contributed by atoms with Crippen molar-refractivity contribution in [2.75, 3.05) is 0 Å². The van der Waals surface area contributed by atoms with Crippen LogP contribution in [-0.4, -0.2) is 31.7 Å². The van der Waals surface area contributed by atoms with Crippen molar-refractivity contribution in [1.82, 2.24) is 19.3 Å². The number of ether oxygens (including phenoxy) is 1. The van der Waals surface area contributed by atoms with E-state index in [1.165, 1.54) is 18.5 Å². The minimum Gasteiger partial charge on any atom is -0.457 e. The summed E-state index contributed by atoms with van der Waals surface area (Å²) in [6.45, 7) is 8.99. The van der Waals surface area contributed by atoms with Gasteiger partial charge < -0.3 is 4.74 Å². The van der Waals surface area contributed by atoms with Crippen LogP contribution in [0.25, 0.3) is 33.3 Å². The summed E-state index contributed by atoms with van der Waals surface area (Å²) in [6, 6.07) is 23.2. The summed E-state index contributed by atoms with van der Waals surface area (Å²) in [5, 5.41) is 6.61. The van der Waals surface area contributed by atoms with Gasteiger partial charge in [-0.3, -0.25) is 4.57 Å². The number of aromatic nitrogens is 4. The molecule has 0 spiro atoms. The molecule has 0 N–H and O–H groups in total. The first-order valence-corrected chi connectivity index (χ1v) is 16.8. The Morgan fingerprint density at radius 3 is 2.27 bits per heavy atom. The van der Waals surface area contributed by atoms with Gasteiger partial charge in [-0.05, 0) is 93.1 Å². The zero-order valence-electron chi connectivity index (χ0n) is 28.7. The lowest BCUT2D eigenvalue weighted by atomic mass is 9.73. The molecule has 3 aromatic heterocycles. The lowest BCUT2D eigenvalue weighted by Crippen LogP contribution is -2.36. The summed E-state index contributed by atoms with van der Waals surface area (Å²) in [5.74, 6) is -2.34. The van der Waals surface area contributed by atoms with Crippen LogP contribution in [0, 0.1) is 26.7 Å². The van der Waals surface area contributed by atoms with Crippen LogP contribution in [0.5, 0.6) is 11.5 Å². The number of allylic oxidation sites excluding steroid dienone is 2. The van der Waals surface area contributed by atoms with E-state index >= 15 is 0 Å². The highest BCUT2D eigenvalue weighted by molar-refractivity contribution is 6.09. The molecule has 0 amide bonds. The summed E-state index contributed by atoms with van der Waals surface area (Å²) in [6.07, 6.45) is -7.80. The van der Waals surface area contributed by atoms with Gasteiger partial charge in [0, 0.05) is 51.9 Å². The molecule has 0 fully saturated rings. The van der Waals surface area contributed by atoms with Crippen molar-refractivity contribution in [3.63, 3.8) is 0 Å². The van der Waals surface area contributed by atoms with Gasteiger partial charge >= 0.3 is 12.4 Å². The van der Waals surface area contributed by atoms with Crippen LogP contribution < -0.4 is 4.74 Å². The smallest absolute Gasteiger partial charge is 0.412 e. The van der Waals surface area contributed by atoms with Gasteiger partial charge in [0.15, 0.2) is 0 Å². The fraction of sp³-hybridized carbons (Fsp3) is 0.300. The molecule has 1 aliphatic carbocycles. The number of alkyl halides is 6. The molecule has 3 heterocycles. The topological polar surface area (TPSA) is 44.9 Å². The molecule has 11 heteroatoms. The van der Waals surface area contributed by atoms with E-state index in [1.807, 2.05) is 81.4 Å². The quantitative estimate of drug-likeness (QED) is 0.128. The third kappa shape index (κ3) is 6.27. The van der Waals surface area contributed by atoms with Crippen LogP contribution >= 0.6 is 0 Å². The summed E-state index contributed by atoms with van der Waals surface area (Å²) >= 11 is 0. The molecule has 1 unspecified atom stereocenters. The monoisotopic (exact) mass is 702 g/mol. The third-order valence-corrected chi connectivity index (χ3v) is 9.82. The summed E-state index contributed by atoms with van der Waals surface area (Å²) in [7, 11) is 0. The molecule has 6 aromatic rings. The molecule has 0 bridgehead atoms. The number of fused-ring (bicyclic) bond motifs is 3. The molecular weight excluding hydrogens is 666 g/mol. The lowest BCUT2D eigenvalue weighted by molar-refractivity contribution is -0.187. The number of hydrogen-bond donors (Lipinski definition) is 0. The fourth-order valence-electron chi connectivity index (χ4n) is 7.45. The van der Waals surface area contributed by atoms with Crippen molar-refractivity contribution < 1.29 is 31.1 Å². The SMILES string of the molecule is Cc1ccnc(-n2c3ccccc3c3ccc(Oc4cc(C(C)C)cc(-n5nc(C)c(C6C(C(F)(F)F)=CCC[C@@H]6C(F)(F)F)c5C)c4)cc32)c1. The normalized spacial score (nSPS) is 17.1. The maximum Gasteiger partial charge on any atom is 0.412 e.